The van der Waals surface area contributed by atoms with Crippen molar-refractivity contribution in [3.05, 3.63) is 51.8 Å². The van der Waals surface area contributed by atoms with Crippen molar-refractivity contribution in [2.24, 2.45) is 0 Å². The molecule has 0 spiro atoms. The third-order valence-electron chi connectivity index (χ3n) is 3.25. The molecule has 22 heavy (non-hydrogen) atoms. The van der Waals surface area contributed by atoms with E-state index in [1.807, 2.05) is 0 Å². The fourth-order valence-corrected chi connectivity index (χ4v) is 3.18. The first-order chi connectivity index (χ1) is 10.4. The van der Waals surface area contributed by atoms with Crippen LogP contribution in [0.25, 0.3) is 11.1 Å². The molecule has 0 saturated carbocycles. The highest BCUT2D eigenvalue weighted by molar-refractivity contribution is 9.10. The summed E-state index contributed by atoms with van der Waals surface area (Å²) in [5.41, 5.74) is 1.16. The third-order valence-corrected chi connectivity index (χ3v) is 4.11. The van der Waals surface area contributed by atoms with E-state index in [0.717, 1.165) is 0 Å². The van der Waals surface area contributed by atoms with E-state index in [-0.39, 0.29) is 11.5 Å². The molecule has 3 nitrogen and oxygen atoms in total. The molecule has 0 N–H and O–H groups in total. The van der Waals surface area contributed by atoms with Gasteiger partial charge in [-0.2, -0.15) is 4.39 Å². The number of aromatic nitrogens is 1. The van der Waals surface area contributed by atoms with Crippen LogP contribution in [0.2, 0.25) is 0 Å². The molecular formula is C16H14BrF2NO2. The van der Waals surface area contributed by atoms with Gasteiger partial charge in [-0.05, 0) is 45.1 Å². The van der Waals surface area contributed by atoms with Crippen molar-refractivity contribution in [2.45, 2.75) is 19.8 Å². The summed E-state index contributed by atoms with van der Waals surface area (Å²) in [6.07, 6.45) is 1.31. The zero-order valence-electron chi connectivity index (χ0n) is 12.3. The van der Waals surface area contributed by atoms with Crippen molar-refractivity contribution in [1.82, 2.24) is 4.98 Å². The number of benzene rings is 1. The van der Waals surface area contributed by atoms with E-state index in [9.17, 15) is 13.6 Å². The largest absolute Gasteiger partial charge is 0.465 e. The van der Waals surface area contributed by atoms with Gasteiger partial charge in [0, 0.05) is 22.3 Å². The maximum atomic E-state index is 14.6. The first kappa shape index (κ1) is 16.5. The van der Waals surface area contributed by atoms with E-state index in [2.05, 4.69) is 25.7 Å². The van der Waals surface area contributed by atoms with E-state index < -0.39 is 17.7 Å². The van der Waals surface area contributed by atoms with Gasteiger partial charge < -0.3 is 4.74 Å². The highest BCUT2D eigenvalue weighted by atomic mass is 79.9. The summed E-state index contributed by atoms with van der Waals surface area (Å²) < 4.78 is 33.0. The summed E-state index contributed by atoms with van der Waals surface area (Å²) in [4.78, 5) is 15.3. The zero-order chi connectivity index (χ0) is 16.4. The number of carbonyl (C=O) groups is 1. The molecule has 0 unspecified atom stereocenters. The summed E-state index contributed by atoms with van der Waals surface area (Å²) in [6, 6.07) is 4.17. The number of hydrogen-bond acceptors (Lipinski definition) is 3. The van der Waals surface area contributed by atoms with Gasteiger partial charge in [-0.15, -0.1) is 0 Å². The molecule has 1 aromatic carbocycles. The standard InChI is InChI=1S/C16H14BrF2NO2/c1-8(2)13-14(17)10(9-4-5-20-12(18)6-9)7-11(15(13)19)16(21)22-3/h4-8H,1-3H3. The number of ether oxygens (including phenoxy) is 1. The quantitative estimate of drug-likeness (QED) is 0.581. The van der Waals surface area contributed by atoms with Crippen LogP contribution in [-0.4, -0.2) is 18.1 Å². The Kier molecular flexibility index (Phi) is 4.90. The molecule has 0 radical (unpaired) electrons. The van der Waals surface area contributed by atoms with Crippen molar-refractivity contribution in [3.8, 4) is 11.1 Å². The van der Waals surface area contributed by atoms with Crippen LogP contribution >= 0.6 is 15.9 Å². The molecule has 0 aliphatic carbocycles. The molecule has 6 heteroatoms. The highest BCUT2D eigenvalue weighted by Gasteiger charge is 2.24. The smallest absolute Gasteiger partial charge is 0.340 e. The molecule has 2 rings (SSSR count). The Balaban J connectivity index is 2.79. The third kappa shape index (κ3) is 3.02. The number of halogens is 3. The SMILES string of the molecule is COC(=O)c1cc(-c2ccnc(F)c2)c(Br)c(C(C)C)c1F. The number of rotatable bonds is 3. The highest BCUT2D eigenvalue weighted by Crippen LogP contribution is 2.38. The molecule has 0 fully saturated rings. The van der Waals surface area contributed by atoms with Gasteiger partial charge in [0.1, 0.15) is 5.82 Å². The average molecular weight is 370 g/mol. The first-order valence-corrected chi connectivity index (χ1v) is 7.38. The lowest BCUT2D eigenvalue weighted by atomic mass is 9.94. The van der Waals surface area contributed by atoms with Gasteiger partial charge >= 0.3 is 5.97 Å². The first-order valence-electron chi connectivity index (χ1n) is 6.59. The molecule has 0 saturated heterocycles. The van der Waals surface area contributed by atoms with Crippen molar-refractivity contribution >= 4 is 21.9 Å². The summed E-state index contributed by atoms with van der Waals surface area (Å²) in [6.45, 7) is 3.61. The van der Waals surface area contributed by atoms with Gasteiger partial charge in [0.25, 0.3) is 0 Å². The molecule has 0 aliphatic heterocycles. The van der Waals surface area contributed by atoms with Crippen LogP contribution in [0.15, 0.2) is 28.9 Å². The second-order valence-electron chi connectivity index (χ2n) is 5.03. The molecular weight excluding hydrogens is 356 g/mol. The predicted molar refractivity (Wildman–Crippen MR) is 82.7 cm³/mol. The molecule has 0 aliphatic rings. The van der Waals surface area contributed by atoms with Crippen LogP contribution in [0.5, 0.6) is 0 Å². The van der Waals surface area contributed by atoms with Crippen molar-refractivity contribution in [1.29, 1.82) is 0 Å². The molecule has 0 amide bonds. The van der Waals surface area contributed by atoms with Gasteiger partial charge in [0.15, 0.2) is 0 Å². The Morgan fingerprint density at radius 2 is 2.00 bits per heavy atom. The minimum atomic E-state index is -0.775. The second-order valence-corrected chi connectivity index (χ2v) is 5.82. The summed E-state index contributed by atoms with van der Waals surface area (Å²) in [5, 5.41) is 0. The van der Waals surface area contributed by atoms with Crippen molar-refractivity contribution in [3.63, 3.8) is 0 Å². The van der Waals surface area contributed by atoms with Gasteiger partial charge in [0.05, 0.1) is 12.7 Å². The predicted octanol–water partition coefficient (Wildman–Crippen LogP) is 4.70. The summed E-state index contributed by atoms with van der Waals surface area (Å²) in [5.74, 6) is -2.24. The van der Waals surface area contributed by atoms with Crippen LogP contribution in [0.4, 0.5) is 8.78 Å². The molecule has 116 valence electrons. The van der Waals surface area contributed by atoms with Crippen molar-refractivity contribution < 1.29 is 18.3 Å². The molecule has 1 aromatic heterocycles. The van der Waals surface area contributed by atoms with Gasteiger partial charge in [-0.25, -0.2) is 14.2 Å². The molecule has 1 heterocycles. The van der Waals surface area contributed by atoms with E-state index in [0.29, 0.717) is 21.2 Å². The van der Waals surface area contributed by atoms with E-state index >= 15 is 0 Å². The zero-order valence-corrected chi connectivity index (χ0v) is 13.9. The van der Waals surface area contributed by atoms with E-state index in [1.165, 1.54) is 25.4 Å². The minimum absolute atomic E-state index is 0.176. The van der Waals surface area contributed by atoms with Crippen molar-refractivity contribution in [2.75, 3.05) is 7.11 Å². The van der Waals surface area contributed by atoms with Crippen LogP contribution < -0.4 is 0 Å². The number of nitrogens with zero attached hydrogens (tertiary/aromatic N) is 1. The monoisotopic (exact) mass is 369 g/mol. The van der Waals surface area contributed by atoms with Gasteiger partial charge in [0.2, 0.25) is 5.95 Å². The average Bonchev–Trinajstić information content (AvgIpc) is 2.46. The topological polar surface area (TPSA) is 39.2 Å². The lowest BCUT2D eigenvalue weighted by Crippen LogP contribution is -2.09. The maximum absolute atomic E-state index is 14.6. The number of methoxy groups -OCH3 is 1. The number of carbonyl (C=O) groups excluding carboxylic acids is 1. The van der Waals surface area contributed by atoms with E-state index in [4.69, 9.17) is 0 Å². The molecule has 0 bridgehead atoms. The van der Waals surface area contributed by atoms with E-state index in [1.54, 1.807) is 19.9 Å². The van der Waals surface area contributed by atoms with Crippen LogP contribution in [0.1, 0.15) is 35.7 Å². The number of hydrogen-bond donors (Lipinski definition) is 0. The minimum Gasteiger partial charge on any atom is -0.465 e. The van der Waals surface area contributed by atoms with Crippen LogP contribution in [0.3, 0.4) is 0 Å². The fraction of sp³-hybridized carbons (Fsp3) is 0.250. The number of pyridine rings is 1. The second kappa shape index (κ2) is 6.52. The Hall–Kier alpha value is -1.82. The molecule has 2 aromatic rings. The Morgan fingerprint density at radius 1 is 1.32 bits per heavy atom. The summed E-state index contributed by atoms with van der Waals surface area (Å²) >= 11 is 3.36. The lowest BCUT2D eigenvalue weighted by Gasteiger charge is -2.17. The maximum Gasteiger partial charge on any atom is 0.340 e. The Morgan fingerprint density at radius 3 is 2.55 bits per heavy atom. The summed E-state index contributed by atoms with van der Waals surface area (Å²) in [7, 11) is 1.19. The Labute approximate surface area is 135 Å². The van der Waals surface area contributed by atoms with Crippen LogP contribution in [-0.2, 0) is 4.74 Å². The van der Waals surface area contributed by atoms with Crippen LogP contribution in [0, 0.1) is 11.8 Å². The normalized spacial score (nSPS) is 10.9. The van der Waals surface area contributed by atoms with Gasteiger partial charge in [-0.3, -0.25) is 0 Å². The molecule has 0 atom stereocenters. The fourth-order valence-electron chi connectivity index (χ4n) is 2.20. The van der Waals surface area contributed by atoms with Gasteiger partial charge in [-0.1, -0.05) is 13.8 Å². The lowest BCUT2D eigenvalue weighted by molar-refractivity contribution is 0.0595. The Bertz CT molecular complexity index is 732. The number of esters is 1.